The van der Waals surface area contributed by atoms with E-state index in [9.17, 15) is 0 Å². The van der Waals surface area contributed by atoms with E-state index >= 15 is 0 Å². The summed E-state index contributed by atoms with van der Waals surface area (Å²) < 4.78 is 0. The summed E-state index contributed by atoms with van der Waals surface area (Å²) in [6.07, 6.45) is 0. The molecule has 0 heterocycles. The Morgan fingerprint density at radius 3 is 0.200 bits per heavy atom. The molecule has 0 radical (unpaired) electrons. The fourth-order valence-electron chi connectivity index (χ4n) is 0. The van der Waals surface area contributed by atoms with E-state index in [1.54, 1.807) is 0 Å². The maximum atomic E-state index is 7.17. The van der Waals surface area contributed by atoms with Gasteiger partial charge < -0.3 is 115 Å². The first-order valence-corrected chi connectivity index (χ1v) is 3.10. The molecule has 0 aliphatic rings. The van der Waals surface area contributed by atoms with E-state index in [2.05, 4.69) is 0 Å². The molecule has 32 N–H and O–H groups in total. The Morgan fingerprint density at radius 1 is 0.200 bits per heavy atom. The van der Waals surface area contributed by atoms with Crippen molar-refractivity contribution < 1.29 is 115 Å². The van der Waals surface area contributed by atoms with Crippen LogP contribution in [0.5, 0.6) is 0 Å². The number of rotatable bonds is 0. The molecular weight excluding hydrogens is 487 g/mol. The predicted molar refractivity (Wildman–Crippen MR) is 114 cm³/mol. The summed E-state index contributed by atoms with van der Waals surface area (Å²) in [6.45, 7) is 0. The molecule has 0 aliphatic heterocycles. The zero-order valence-electron chi connectivity index (χ0n) is 12.7. The van der Waals surface area contributed by atoms with Crippen LogP contribution >= 0.6 is 0 Å². The average Bonchev–Trinajstić information content (AvgIpc) is 1.76. The molecule has 0 spiro atoms. The van der Waals surface area contributed by atoms with E-state index in [-0.39, 0.29) is 173 Å². The van der Waals surface area contributed by atoms with Gasteiger partial charge in [-0.3, -0.25) is 0 Å². The van der Waals surface area contributed by atoms with E-state index < -0.39 is 29.3 Å². The second-order valence-electron chi connectivity index (χ2n) is 1.39. The van der Waals surface area contributed by atoms with E-state index in [4.69, 9.17) is 60.3 Å². The van der Waals surface area contributed by atoms with Gasteiger partial charge in [-0.15, -0.1) is 0 Å². The molecule has 0 saturated carbocycles. The number of hydrogen-bond donors (Lipinski definition) is 12. The van der Waals surface area contributed by atoms with Crippen molar-refractivity contribution in [1.29, 1.82) is 0 Å². The van der Waals surface area contributed by atoms with Gasteiger partial charge in [0.05, 0.1) is 0 Å². The first kappa shape index (κ1) is 148. The van der Waals surface area contributed by atoms with Gasteiger partial charge in [0.2, 0.25) is 0 Å². The molecular formula is H36B4Na4O22. The third-order valence-electron chi connectivity index (χ3n) is 0. The molecule has 30 heavy (non-hydrogen) atoms. The van der Waals surface area contributed by atoms with Crippen molar-refractivity contribution in [2.75, 3.05) is 0 Å². The molecule has 0 unspecified atom stereocenters. The Labute approximate surface area is 259 Å². The van der Waals surface area contributed by atoms with Gasteiger partial charge in [0, 0.05) is 0 Å². The first-order chi connectivity index (χ1) is 6.93. The van der Waals surface area contributed by atoms with Crippen molar-refractivity contribution in [3.05, 3.63) is 0 Å². The molecule has 22 nitrogen and oxygen atoms in total. The van der Waals surface area contributed by atoms with Crippen molar-refractivity contribution in [2.24, 2.45) is 0 Å². The molecule has 0 bridgehead atoms. The van der Waals surface area contributed by atoms with Crippen LogP contribution in [-0.4, -0.2) is 263 Å². The minimum absolute atomic E-state index is 0. The summed E-state index contributed by atoms with van der Waals surface area (Å²) in [5.74, 6) is 0. The fraction of sp³-hybridized carbons (Fsp3) is 0. The Bertz CT molecular complexity index is 76.1. The van der Waals surface area contributed by atoms with Crippen molar-refractivity contribution in [3.8, 4) is 0 Å². The zero-order chi connectivity index (χ0) is 14.3. The van der Waals surface area contributed by atoms with Gasteiger partial charge in [0.15, 0.2) is 0 Å². The SMILES string of the molecule is O.O.O.O.O.O.O.O.O.O.OB(O)O.OB(O)O.OB(O)O.OB(O)O.[NaH].[NaH].[NaH].[NaH]. The van der Waals surface area contributed by atoms with Crippen LogP contribution < -0.4 is 0 Å². The van der Waals surface area contributed by atoms with Crippen LogP contribution in [0.25, 0.3) is 0 Å². The molecule has 0 aliphatic carbocycles. The molecule has 0 rings (SSSR count). The standard InChI is InChI=1S/4BH3O3.4Na.10H2O.4H/c4*2-1(3)4;;;;;;;;;;;;;;;;;;/h4*2-4H;;;;;10*1H2;;;;. The van der Waals surface area contributed by atoms with Crippen LogP contribution in [0.2, 0.25) is 0 Å². The second-order valence-corrected chi connectivity index (χ2v) is 1.39. The van der Waals surface area contributed by atoms with Crippen molar-refractivity contribution >= 4 is 148 Å². The van der Waals surface area contributed by atoms with Crippen LogP contribution in [0.1, 0.15) is 0 Å². The second kappa shape index (κ2) is 135. The molecule has 0 atom stereocenters. The summed E-state index contributed by atoms with van der Waals surface area (Å²) in [4.78, 5) is 0. The number of hydrogen-bond acceptors (Lipinski definition) is 12. The molecule has 0 aromatic carbocycles. The normalized spacial score (nSPS) is 3.60. The monoisotopic (exact) mass is 524 g/mol. The van der Waals surface area contributed by atoms with Crippen LogP contribution in [0.4, 0.5) is 0 Å². The third-order valence-corrected chi connectivity index (χ3v) is 0. The summed E-state index contributed by atoms with van der Waals surface area (Å²) in [6, 6.07) is 0. The fourth-order valence-corrected chi connectivity index (χ4v) is 0. The zero-order valence-corrected chi connectivity index (χ0v) is 12.7. The quantitative estimate of drug-likeness (QED) is 0.132. The molecule has 0 fully saturated rings. The minimum atomic E-state index is -2.17. The van der Waals surface area contributed by atoms with Gasteiger partial charge in [0.25, 0.3) is 0 Å². The molecule has 184 valence electrons. The summed E-state index contributed by atoms with van der Waals surface area (Å²) in [5.41, 5.74) is 0. The van der Waals surface area contributed by atoms with Crippen LogP contribution in [0.15, 0.2) is 0 Å². The van der Waals surface area contributed by atoms with E-state index in [0.29, 0.717) is 0 Å². The predicted octanol–water partition coefficient (Wildman–Crippen LogP) is -19.0. The van der Waals surface area contributed by atoms with Crippen molar-refractivity contribution in [3.63, 3.8) is 0 Å². The molecule has 0 saturated heterocycles. The van der Waals surface area contributed by atoms with Gasteiger partial charge in [-0.1, -0.05) is 0 Å². The van der Waals surface area contributed by atoms with Crippen molar-refractivity contribution in [2.45, 2.75) is 0 Å². The Morgan fingerprint density at radius 2 is 0.200 bits per heavy atom. The topological polar surface area (TPSA) is 558 Å². The Kier molecular flexibility index (Phi) is 665. The summed E-state index contributed by atoms with van der Waals surface area (Å²) in [5, 5.41) is 86.0. The van der Waals surface area contributed by atoms with Gasteiger partial charge in [-0.05, 0) is 0 Å². The van der Waals surface area contributed by atoms with Crippen molar-refractivity contribution in [1.82, 2.24) is 0 Å². The summed E-state index contributed by atoms with van der Waals surface area (Å²) >= 11 is 0. The van der Waals surface area contributed by atoms with E-state index in [0.717, 1.165) is 0 Å². The van der Waals surface area contributed by atoms with E-state index in [1.807, 2.05) is 0 Å². The molecule has 0 amide bonds. The van der Waals surface area contributed by atoms with Gasteiger partial charge in [0.1, 0.15) is 0 Å². The van der Waals surface area contributed by atoms with Gasteiger partial charge in [-0.25, -0.2) is 0 Å². The Hall–Kier alpha value is 3.38. The van der Waals surface area contributed by atoms with Crippen LogP contribution in [-0.2, 0) is 0 Å². The molecule has 0 aromatic rings. The van der Waals surface area contributed by atoms with Gasteiger partial charge in [-0.2, -0.15) is 0 Å². The first-order valence-electron chi connectivity index (χ1n) is 3.10. The maximum absolute atomic E-state index is 7.17. The van der Waals surface area contributed by atoms with Crippen LogP contribution in [0, 0.1) is 0 Å². The third kappa shape index (κ3) is 2540. The van der Waals surface area contributed by atoms with Gasteiger partial charge >= 0.3 is 148 Å². The van der Waals surface area contributed by atoms with E-state index in [1.165, 1.54) is 0 Å². The summed E-state index contributed by atoms with van der Waals surface area (Å²) in [7, 11) is -8.67. The average molecular weight is 523 g/mol. The molecule has 0 aromatic heterocycles. The van der Waals surface area contributed by atoms with Crippen LogP contribution in [0.3, 0.4) is 0 Å². The Balaban J connectivity index is -0.00000000346. The molecule has 30 heteroatoms.